The molecule has 0 saturated heterocycles. The van der Waals surface area contributed by atoms with E-state index in [1.54, 1.807) is 0 Å². The first kappa shape index (κ1) is 14.8. The molecule has 0 radical (unpaired) electrons. The Labute approximate surface area is 134 Å². The maximum atomic E-state index is 9.43. The molecule has 3 rings (SSSR count). The van der Waals surface area contributed by atoms with Gasteiger partial charge in [-0.3, -0.25) is 5.10 Å². The normalized spacial score (nSPS) is 10.3. The Bertz CT molecular complexity index is 849. The SMILES string of the molecule is C#CCOc1cccc(-c2n[nH]c(-c3ccccc3CO)n2)c1. The van der Waals surface area contributed by atoms with E-state index >= 15 is 0 Å². The first-order valence-electron chi connectivity index (χ1n) is 7.10. The van der Waals surface area contributed by atoms with Gasteiger partial charge >= 0.3 is 0 Å². The van der Waals surface area contributed by atoms with Crippen molar-refractivity contribution in [1.82, 2.24) is 15.2 Å². The van der Waals surface area contributed by atoms with Crippen LogP contribution in [0.15, 0.2) is 48.5 Å². The molecule has 0 atom stereocenters. The van der Waals surface area contributed by atoms with Crippen LogP contribution in [-0.2, 0) is 6.61 Å². The van der Waals surface area contributed by atoms with Crippen molar-refractivity contribution in [2.45, 2.75) is 6.61 Å². The summed E-state index contributed by atoms with van der Waals surface area (Å²) in [7, 11) is 0. The molecule has 0 spiro atoms. The monoisotopic (exact) mass is 305 g/mol. The van der Waals surface area contributed by atoms with Crippen molar-refractivity contribution >= 4 is 0 Å². The van der Waals surface area contributed by atoms with Gasteiger partial charge in [0, 0.05) is 11.1 Å². The summed E-state index contributed by atoms with van der Waals surface area (Å²) >= 11 is 0. The second kappa shape index (κ2) is 6.77. The van der Waals surface area contributed by atoms with Crippen molar-refractivity contribution in [3.8, 4) is 40.9 Å². The van der Waals surface area contributed by atoms with Gasteiger partial charge in [-0.15, -0.1) is 6.42 Å². The number of nitrogens with one attached hydrogen (secondary N) is 1. The van der Waals surface area contributed by atoms with Crippen LogP contribution >= 0.6 is 0 Å². The summed E-state index contributed by atoms with van der Waals surface area (Å²) in [6, 6.07) is 14.9. The number of hydrogen-bond donors (Lipinski definition) is 2. The van der Waals surface area contributed by atoms with Gasteiger partial charge in [0.1, 0.15) is 12.4 Å². The fourth-order valence-corrected chi connectivity index (χ4v) is 2.25. The van der Waals surface area contributed by atoms with Crippen molar-refractivity contribution in [3.05, 3.63) is 54.1 Å². The predicted octanol–water partition coefficient (Wildman–Crippen LogP) is 2.64. The van der Waals surface area contributed by atoms with Crippen LogP contribution in [0.1, 0.15) is 5.56 Å². The second-order valence-corrected chi connectivity index (χ2v) is 4.84. The lowest BCUT2D eigenvalue weighted by Gasteiger charge is -2.03. The zero-order valence-electron chi connectivity index (χ0n) is 12.4. The number of terminal acetylenes is 1. The Kier molecular flexibility index (Phi) is 4.37. The van der Waals surface area contributed by atoms with Gasteiger partial charge in [0.25, 0.3) is 0 Å². The number of aliphatic hydroxyl groups is 1. The molecule has 2 aromatic carbocycles. The van der Waals surface area contributed by atoms with E-state index in [0.717, 1.165) is 16.7 Å². The number of aromatic nitrogens is 3. The summed E-state index contributed by atoms with van der Waals surface area (Å²) in [6.07, 6.45) is 5.20. The molecule has 5 nitrogen and oxygen atoms in total. The van der Waals surface area contributed by atoms with Crippen LogP contribution < -0.4 is 4.74 Å². The van der Waals surface area contributed by atoms with Crippen molar-refractivity contribution in [3.63, 3.8) is 0 Å². The Hall–Kier alpha value is -3.10. The fourth-order valence-electron chi connectivity index (χ4n) is 2.25. The summed E-state index contributed by atoms with van der Waals surface area (Å²) in [6.45, 7) is 0.161. The van der Waals surface area contributed by atoms with Gasteiger partial charge < -0.3 is 9.84 Å². The second-order valence-electron chi connectivity index (χ2n) is 4.84. The highest BCUT2D eigenvalue weighted by Crippen LogP contribution is 2.25. The summed E-state index contributed by atoms with van der Waals surface area (Å²) < 4.78 is 5.41. The Morgan fingerprint density at radius 3 is 2.87 bits per heavy atom. The number of rotatable bonds is 5. The molecule has 0 aliphatic rings. The third kappa shape index (κ3) is 3.23. The number of ether oxygens (including phenoxy) is 1. The molecule has 5 heteroatoms. The van der Waals surface area contributed by atoms with Crippen LogP contribution in [0.3, 0.4) is 0 Å². The van der Waals surface area contributed by atoms with Gasteiger partial charge in [0.15, 0.2) is 11.6 Å². The molecular formula is C18H15N3O2. The molecule has 0 fully saturated rings. The van der Waals surface area contributed by atoms with Crippen molar-refractivity contribution < 1.29 is 9.84 Å². The zero-order valence-corrected chi connectivity index (χ0v) is 12.4. The molecule has 0 bridgehead atoms. The van der Waals surface area contributed by atoms with Gasteiger partial charge in [-0.2, -0.15) is 5.10 Å². The highest BCUT2D eigenvalue weighted by atomic mass is 16.5. The average molecular weight is 305 g/mol. The van der Waals surface area contributed by atoms with Crippen LogP contribution in [0.25, 0.3) is 22.8 Å². The summed E-state index contributed by atoms with van der Waals surface area (Å²) in [4.78, 5) is 4.51. The van der Waals surface area contributed by atoms with E-state index in [4.69, 9.17) is 11.2 Å². The molecule has 0 saturated carbocycles. The van der Waals surface area contributed by atoms with E-state index in [1.165, 1.54) is 0 Å². The van der Waals surface area contributed by atoms with E-state index in [1.807, 2.05) is 48.5 Å². The standard InChI is InChI=1S/C18H15N3O2/c1-2-10-23-15-8-5-7-13(11-15)17-19-18(21-20-17)16-9-4-3-6-14(16)12-22/h1,3-9,11,22H,10,12H2,(H,19,20,21). The van der Waals surface area contributed by atoms with E-state index in [9.17, 15) is 5.11 Å². The van der Waals surface area contributed by atoms with Gasteiger partial charge in [-0.1, -0.05) is 42.3 Å². The molecule has 3 aromatic rings. The molecule has 0 aliphatic heterocycles. The minimum absolute atomic E-state index is 0.0539. The maximum absolute atomic E-state index is 9.43. The topological polar surface area (TPSA) is 71.0 Å². The van der Waals surface area contributed by atoms with Crippen molar-refractivity contribution in [2.75, 3.05) is 6.61 Å². The van der Waals surface area contributed by atoms with E-state index in [2.05, 4.69) is 21.1 Å². The molecule has 0 amide bonds. The minimum atomic E-state index is -0.0539. The summed E-state index contributed by atoms with van der Waals surface area (Å²) in [5.41, 5.74) is 2.44. The summed E-state index contributed by atoms with van der Waals surface area (Å²) in [5, 5.41) is 16.6. The van der Waals surface area contributed by atoms with Gasteiger partial charge in [0.05, 0.1) is 6.61 Å². The third-order valence-corrected chi connectivity index (χ3v) is 3.34. The van der Waals surface area contributed by atoms with Gasteiger partial charge in [-0.25, -0.2) is 4.98 Å². The fraction of sp³-hybridized carbons (Fsp3) is 0.111. The molecular weight excluding hydrogens is 290 g/mol. The first-order valence-corrected chi connectivity index (χ1v) is 7.10. The van der Waals surface area contributed by atoms with Crippen LogP contribution in [0.4, 0.5) is 0 Å². The molecule has 2 N–H and O–H groups in total. The van der Waals surface area contributed by atoms with Crippen LogP contribution in [0.2, 0.25) is 0 Å². The molecule has 1 heterocycles. The van der Waals surface area contributed by atoms with Crippen molar-refractivity contribution in [2.24, 2.45) is 0 Å². The number of hydrogen-bond acceptors (Lipinski definition) is 4. The van der Waals surface area contributed by atoms with Gasteiger partial charge in [0.2, 0.25) is 0 Å². The van der Waals surface area contributed by atoms with Crippen molar-refractivity contribution in [1.29, 1.82) is 0 Å². The van der Waals surface area contributed by atoms with E-state index in [-0.39, 0.29) is 13.2 Å². The number of nitrogens with zero attached hydrogens (tertiary/aromatic N) is 2. The lowest BCUT2D eigenvalue weighted by Crippen LogP contribution is -1.93. The number of aromatic amines is 1. The number of benzene rings is 2. The Morgan fingerprint density at radius 1 is 1.17 bits per heavy atom. The average Bonchev–Trinajstić information content (AvgIpc) is 3.10. The minimum Gasteiger partial charge on any atom is -0.481 e. The van der Waals surface area contributed by atoms with Gasteiger partial charge in [-0.05, 0) is 17.7 Å². The summed E-state index contributed by atoms with van der Waals surface area (Å²) in [5.74, 6) is 4.26. The highest BCUT2D eigenvalue weighted by Gasteiger charge is 2.11. The Balaban J connectivity index is 1.92. The van der Waals surface area contributed by atoms with E-state index < -0.39 is 0 Å². The first-order chi connectivity index (χ1) is 11.3. The lowest BCUT2D eigenvalue weighted by molar-refractivity contribution is 0.282. The Morgan fingerprint density at radius 2 is 2.04 bits per heavy atom. The van der Waals surface area contributed by atoms with E-state index in [0.29, 0.717) is 17.4 Å². The molecule has 23 heavy (non-hydrogen) atoms. The number of H-pyrrole nitrogens is 1. The zero-order chi connectivity index (χ0) is 16.1. The highest BCUT2D eigenvalue weighted by molar-refractivity contribution is 5.64. The number of aliphatic hydroxyl groups excluding tert-OH is 1. The predicted molar refractivity (Wildman–Crippen MR) is 87.5 cm³/mol. The van der Waals surface area contributed by atoms with Crippen LogP contribution in [-0.4, -0.2) is 26.9 Å². The van der Waals surface area contributed by atoms with Crippen LogP contribution in [0, 0.1) is 12.3 Å². The molecule has 1 aromatic heterocycles. The molecule has 114 valence electrons. The molecule has 0 unspecified atom stereocenters. The smallest absolute Gasteiger partial charge is 0.181 e. The molecule has 0 aliphatic carbocycles. The lowest BCUT2D eigenvalue weighted by atomic mass is 10.1. The largest absolute Gasteiger partial charge is 0.481 e. The third-order valence-electron chi connectivity index (χ3n) is 3.34. The maximum Gasteiger partial charge on any atom is 0.181 e. The van der Waals surface area contributed by atoms with Crippen LogP contribution in [0.5, 0.6) is 5.75 Å². The quantitative estimate of drug-likeness (QED) is 0.711.